The molecule has 0 spiro atoms. The lowest BCUT2D eigenvalue weighted by Gasteiger charge is -2.14. The van der Waals surface area contributed by atoms with Crippen molar-refractivity contribution in [2.24, 2.45) is 0 Å². The van der Waals surface area contributed by atoms with Gasteiger partial charge in [0.2, 0.25) is 5.88 Å². The molecule has 0 unspecified atom stereocenters. The van der Waals surface area contributed by atoms with E-state index >= 15 is 0 Å². The number of fused-ring (bicyclic) bond motifs is 1. The number of ether oxygens (including phenoxy) is 1. The Labute approximate surface area is 142 Å². The molecule has 24 heavy (non-hydrogen) atoms. The van der Waals surface area contributed by atoms with Crippen LogP contribution in [-0.4, -0.2) is 43.0 Å². The number of pyridine rings is 1. The Morgan fingerprint density at radius 2 is 2.12 bits per heavy atom. The first-order valence-electron chi connectivity index (χ1n) is 8.26. The van der Waals surface area contributed by atoms with Crippen molar-refractivity contribution in [1.29, 1.82) is 0 Å². The summed E-state index contributed by atoms with van der Waals surface area (Å²) < 4.78 is 5.55. The van der Waals surface area contributed by atoms with E-state index in [4.69, 9.17) is 4.74 Å². The van der Waals surface area contributed by atoms with Crippen LogP contribution in [-0.2, 0) is 6.42 Å². The minimum Gasteiger partial charge on any atom is -0.476 e. The van der Waals surface area contributed by atoms with Gasteiger partial charge in [-0.2, -0.15) is 0 Å². The predicted molar refractivity (Wildman–Crippen MR) is 93.3 cm³/mol. The lowest BCUT2D eigenvalue weighted by Crippen LogP contribution is -2.27. The number of carbonyl (C=O) groups excluding carboxylic acids is 1. The number of rotatable bonds is 6. The third kappa shape index (κ3) is 3.92. The smallest absolute Gasteiger partial charge is 0.253 e. The van der Waals surface area contributed by atoms with Crippen LogP contribution >= 0.6 is 0 Å². The molecule has 1 N–H and O–H groups in total. The molecule has 2 aromatic rings. The molecule has 1 atom stereocenters. The zero-order chi connectivity index (χ0) is 16.9. The van der Waals surface area contributed by atoms with E-state index in [9.17, 15) is 4.79 Å². The molecule has 1 heterocycles. The van der Waals surface area contributed by atoms with Crippen LogP contribution in [0.2, 0.25) is 0 Å². The maximum Gasteiger partial charge on any atom is 0.253 e. The molecule has 0 saturated heterocycles. The number of likely N-dealkylation sites (N-methyl/N-ethyl adjacent to an activating group) is 1. The number of nitrogens with zero attached hydrogens (tertiary/aromatic N) is 2. The van der Waals surface area contributed by atoms with Crippen molar-refractivity contribution in [3.05, 3.63) is 59.3 Å². The van der Waals surface area contributed by atoms with Gasteiger partial charge in [0.15, 0.2) is 0 Å². The molecular weight excluding hydrogens is 302 g/mol. The number of nitrogens with one attached hydrogen (secondary N) is 1. The summed E-state index contributed by atoms with van der Waals surface area (Å²) in [5.74, 6) is 0.448. The fourth-order valence-electron chi connectivity index (χ4n) is 2.88. The summed E-state index contributed by atoms with van der Waals surface area (Å²) >= 11 is 0. The topological polar surface area (TPSA) is 54.5 Å². The fourth-order valence-corrected chi connectivity index (χ4v) is 2.88. The highest BCUT2D eigenvalue weighted by molar-refractivity contribution is 5.94. The molecule has 0 saturated carbocycles. The van der Waals surface area contributed by atoms with Crippen LogP contribution in [0.3, 0.4) is 0 Å². The zero-order valence-corrected chi connectivity index (χ0v) is 14.2. The van der Waals surface area contributed by atoms with Gasteiger partial charge in [-0.25, -0.2) is 4.98 Å². The molecule has 1 amide bonds. The standard InChI is InChI=1S/C19H23N3O2/c1-22(2)11-12-24-18-10-8-15(13-20-18)19(23)21-17-9-7-14-5-3-4-6-16(14)17/h3-6,8,10,13,17H,7,9,11-12H2,1-2H3,(H,21,23)/t17-/m0/s1. The van der Waals surface area contributed by atoms with Crippen molar-refractivity contribution in [2.75, 3.05) is 27.2 Å². The molecule has 1 aliphatic carbocycles. The Bertz CT molecular complexity index is 698. The summed E-state index contributed by atoms with van der Waals surface area (Å²) in [7, 11) is 3.98. The molecule has 1 aromatic carbocycles. The normalized spacial score (nSPS) is 16.0. The van der Waals surface area contributed by atoms with Gasteiger partial charge in [-0.1, -0.05) is 24.3 Å². The Kier molecular flexibility index (Phi) is 5.11. The van der Waals surface area contributed by atoms with E-state index in [1.165, 1.54) is 11.1 Å². The van der Waals surface area contributed by atoms with Crippen molar-refractivity contribution in [3.8, 4) is 5.88 Å². The second-order valence-corrected chi connectivity index (χ2v) is 6.30. The monoisotopic (exact) mass is 325 g/mol. The van der Waals surface area contributed by atoms with Gasteiger partial charge < -0.3 is 15.0 Å². The number of hydrogen-bond donors (Lipinski definition) is 1. The van der Waals surface area contributed by atoms with Gasteiger partial charge in [0, 0.05) is 18.8 Å². The maximum absolute atomic E-state index is 12.4. The summed E-state index contributed by atoms with van der Waals surface area (Å²) in [6.07, 6.45) is 3.53. The average Bonchev–Trinajstić information content (AvgIpc) is 2.98. The molecule has 0 bridgehead atoms. The lowest BCUT2D eigenvalue weighted by atomic mass is 10.1. The fraction of sp³-hybridized carbons (Fsp3) is 0.368. The van der Waals surface area contributed by atoms with E-state index in [0.717, 1.165) is 19.4 Å². The molecule has 0 radical (unpaired) electrons. The number of aromatic nitrogens is 1. The third-order valence-electron chi connectivity index (χ3n) is 4.23. The van der Waals surface area contributed by atoms with Crippen molar-refractivity contribution < 1.29 is 9.53 Å². The molecule has 126 valence electrons. The Balaban J connectivity index is 1.58. The highest BCUT2D eigenvalue weighted by atomic mass is 16.5. The summed E-state index contributed by atoms with van der Waals surface area (Å²) in [5, 5.41) is 3.10. The summed E-state index contributed by atoms with van der Waals surface area (Å²) in [5.41, 5.74) is 3.10. The third-order valence-corrected chi connectivity index (χ3v) is 4.23. The first-order chi connectivity index (χ1) is 11.6. The molecule has 5 heteroatoms. The maximum atomic E-state index is 12.4. The van der Waals surface area contributed by atoms with Crippen LogP contribution in [0.1, 0.15) is 33.9 Å². The molecule has 5 nitrogen and oxygen atoms in total. The summed E-state index contributed by atoms with van der Waals surface area (Å²) in [6, 6.07) is 11.9. The highest BCUT2D eigenvalue weighted by Gasteiger charge is 2.23. The second-order valence-electron chi connectivity index (χ2n) is 6.30. The van der Waals surface area contributed by atoms with Gasteiger partial charge in [0.05, 0.1) is 11.6 Å². The number of benzene rings is 1. The first-order valence-corrected chi connectivity index (χ1v) is 8.26. The van der Waals surface area contributed by atoms with Crippen LogP contribution in [0.15, 0.2) is 42.6 Å². The van der Waals surface area contributed by atoms with Crippen molar-refractivity contribution in [1.82, 2.24) is 15.2 Å². The van der Waals surface area contributed by atoms with E-state index in [1.54, 1.807) is 18.3 Å². The Hall–Kier alpha value is -2.40. The van der Waals surface area contributed by atoms with Crippen LogP contribution in [0, 0.1) is 0 Å². The van der Waals surface area contributed by atoms with Gasteiger partial charge in [0.1, 0.15) is 6.61 Å². The predicted octanol–water partition coefficient (Wildman–Crippen LogP) is 2.44. The molecule has 0 aliphatic heterocycles. The number of amides is 1. The zero-order valence-electron chi connectivity index (χ0n) is 14.2. The van der Waals surface area contributed by atoms with Gasteiger partial charge in [-0.3, -0.25) is 4.79 Å². The van der Waals surface area contributed by atoms with Gasteiger partial charge >= 0.3 is 0 Å². The van der Waals surface area contributed by atoms with Crippen LogP contribution in [0.5, 0.6) is 5.88 Å². The van der Waals surface area contributed by atoms with Crippen LogP contribution < -0.4 is 10.1 Å². The molecule has 1 aliphatic rings. The number of hydrogen-bond acceptors (Lipinski definition) is 4. The average molecular weight is 325 g/mol. The van der Waals surface area contributed by atoms with Gasteiger partial charge in [-0.15, -0.1) is 0 Å². The largest absolute Gasteiger partial charge is 0.476 e. The van der Waals surface area contributed by atoms with Gasteiger partial charge in [0.25, 0.3) is 5.91 Å². The van der Waals surface area contributed by atoms with Crippen molar-refractivity contribution in [3.63, 3.8) is 0 Å². The quantitative estimate of drug-likeness (QED) is 0.886. The van der Waals surface area contributed by atoms with Crippen LogP contribution in [0.25, 0.3) is 0 Å². The second kappa shape index (κ2) is 7.45. The first kappa shape index (κ1) is 16.5. The minimum atomic E-state index is -0.0935. The summed E-state index contributed by atoms with van der Waals surface area (Å²) in [4.78, 5) is 18.7. The molecular formula is C19H23N3O2. The minimum absolute atomic E-state index is 0.0877. The lowest BCUT2D eigenvalue weighted by molar-refractivity contribution is 0.0936. The summed E-state index contributed by atoms with van der Waals surface area (Å²) in [6.45, 7) is 1.40. The van der Waals surface area contributed by atoms with E-state index < -0.39 is 0 Å². The Morgan fingerprint density at radius 3 is 2.88 bits per heavy atom. The Morgan fingerprint density at radius 1 is 1.29 bits per heavy atom. The molecule has 0 fully saturated rings. The van der Waals surface area contributed by atoms with E-state index in [2.05, 4.69) is 22.4 Å². The SMILES string of the molecule is CN(C)CCOc1ccc(C(=O)N[C@H]2CCc3ccccc32)cn1. The van der Waals surface area contributed by atoms with E-state index in [1.807, 2.05) is 31.1 Å². The van der Waals surface area contributed by atoms with Crippen molar-refractivity contribution >= 4 is 5.91 Å². The highest BCUT2D eigenvalue weighted by Crippen LogP contribution is 2.30. The number of carbonyl (C=O) groups is 1. The van der Waals surface area contributed by atoms with E-state index in [-0.39, 0.29) is 11.9 Å². The molecule has 1 aromatic heterocycles. The number of aryl methyl sites for hydroxylation is 1. The van der Waals surface area contributed by atoms with Gasteiger partial charge in [-0.05, 0) is 44.1 Å². The molecule has 3 rings (SSSR count). The van der Waals surface area contributed by atoms with Crippen molar-refractivity contribution in [2.45, 2.75) is 18.9 Å². The van der Waals surface area contributed by atoms with Crippen LogP contribution in [0.4, 0.5) is 0 Å². The van der Waals surface area contributed by atoms with E-state index in [0.29, 0.717) is 18.1 Å².